The summed E-state index contributed by atoms with van der Waals surface area (Å²) in [6, 6.07) is 5.77. The van der Waals surface area contributed by atoms with E-state index in [2.05, 4.69) is 10.6 Å². The number of fused-ring (bicyclic) bond motifs is 1. The molecule has 5 heteroatoms. The lowest BCUT2D eigenvalue weighted by atomic mass is 9.95. The van der Waals surface area contributed by atoms with E-state index in [9.17, 15) is 4.79 Å². The average Bonchev–Trinajstić information content (AvgIpc) is 2.52. The highest BCUT2D eigenvalue weighted by Crippen LogP contribution is 2.25. The van der Waals surface area contributed by atoms with E-state index >= 15 is 0 Å². The van der Waals surface area contributed by atoms with Crippen LogP contribution in [0.1, 0.15) is 26.3 Å². The Balaban J connectivity index is 0.00000180. The molecule has 0 fully saturated rings. The third-order valence-corrected chi connectivity index (χ3v) is 2.85. The Hall–Kier alpha value is -1.26. The first-order valence-corrected chi connectivity index (χ1v) is 6.25. The van der Waals surface area contributed by atoms with Crippen LogP contribution < -0.4 is 15.4 Å². The number of carbonyl (C=O) groups is 1. The smallest absolute Gasteiger partial charge is 0.229 e. The molecule has 0 spiro atoms. The molecular weight excluding hydrogens is 264 g/mol. The Morgan fingerprint density at radius 2 is 2.11 bits per heavy atom. The van der Waals surface area contributed by atoms with Gasteiger partial charge in [0, 0.05) is 29.8 Å². The minimum atomic E-state index is -0.387. The van der Waals surface area contributed by atoms with Crippen molar-refractivity contribution in [1.29, 1.82) is 0 Å². The van der Waals surface area contributed by atoms with Crippen LogP contribution >= 0.6 is 12.4 Å². The van der Waals surface area contributed by atoms with Gasteiger partial charge in [0.15, 0.2) is 0 Å². The van der Waals surface area contributed by atoms with Crippen molar-refractivity contribution in [2.45, 2.75) is 27.3 Å². The molecule has 0 unspecified atom stereocenters. The number of nitrogens with one attached hydrogen (secondary N) is 2. The van der Waals surface area contributed by atoms with E-state index in [1.54, 1.807) is 0 Å². The summed E-state index contributed by atoms with van der Waals surface area (Å²) >= 11 is 0. The average molecular weight is 285 g/mol. The molecule has 0 bridgehead atoms. The van der Waals surface area contributed by atoms with Crippen molar-refractivity contribution >= 4 is 24.0 Å². The van der Waals surface area contributed by atoms with Crippen molar-refractivity contribution < 1.29 is 9.53 Å². The first-order valence-electron chi connectivity index (χ1n) is 6.25. The van der Waals surface area contributed by atoms with Gasteiger partial charge in [-0.25, -0.2) is 0 Å². The Labute approximate surface area is 120 Å². The number of benzene rings is 1. The van der Waals surface area contributed by atoms with E-state index in [1.165, 1.54) is 0 Å². The molecule has 19 heavy (non-hydrogen) atoms. The number of anilines is 1. The SMILES string of the molecule is CC(C)(C)C(=O)Nc1ccc2c(c1)CNCCO2.Cl. The van der Waals surface area contributed by atoms with Gasteiger partial charge in [0.25, 0.3) is 0 Å². The second kappa shape index (κ2) is 6.26. The normalized spacial score (nSPS) is 14.5. The van der Waals surface area contributed by atoms with E-state index < -0.39 is 0 Å². The predicted octanol–water partition coefficient (Wildman–Crippen LogP) is 2.58. The molecule has 2 N–H and O–H groups in total. The van der Waals surface area contributed by atoms with Crippen molar-refractivity contribution in [3.63, 3.8) is 0 Å². The molecular formula is C14H21ClN2O2. The van der Waals surface area contributed by atoms with E-state index in [0.29, 0.717) is 6.61 Å². The second-order valence-corrected chi connectivity index (χ2v) is 5.55. The van der Waals surface area contributed by atoms with Crippen LogP contribution in [0.4, 0.5) is 5.69 Å². The third kappa shape index (κ3) is 4.11. The van der Waals surface area contributed by atoms with Crippen LogP contribution in [-0.2, 0) is 11.3 Å². The monoisotopic (exact) mass is 284 g/mol. The number of carbonyl (C=O) groups excluding carboxylic acids is 1. The number of rotatable bonds is 1. The fourth-order valence-corrected chi connectivity index (χ4v) is 1.71. The van der Waals surface area contributed by atoms with Gasteiger partial charge in [0.2, 0.25) is 5.91 Å². The first kappa shape index (κ1) is 15.8. The zero-order valence-corrected chi connectivity index (χ0v) is 12.4. The molecule has 0 saturated carbocycles. The molecule has 4 nitrogen and oxygen atoms in total. The maximum atomic E-state index is 11.9. The number of halogens is 1. The summed E-state index contributed by atoms with van der Waals surface area (Å²) in [6.45, 7) is 8.00. The molecule has 1 aliphatic rings. The van der Waals surface area contributed by atoms with Gasteiger partial charge in [-0.1, -0.05) is 20.8 Å². The molecule has 2 rings (SSSR count). The molecule has 0 aliphatic carbocycles. The van der Waals surface area contributed by atoms with Gasteiger partial charge in [-0.2, -0.15) is 0 Å². The van der Waals surface area contributed by atoms with E-state index in [4.69, 9.17) is 4.74 Å². The Bertz CT molecular complexity index is 455. The summed E-state index contributed by atoms with van der Waals surface area (Å²) in [5.41, 5.74) is 1.52. The predicted molar refractivity (Wildman–Crippen MR) is 79.0 cm³/mol. The molecule has 106 valence electrons. The van der Waals surface area contributed by atoms with Crippen LogP contribution in [0.2, 0.25) is 0 Å². The van der Waals surface area contributed by atoms with Crippen molar-refractivity contribution in [2.75, 3.05) is 18.5 Å². The molecule has 0 atom stereocenters. The maximum absolute atomic E-state index is 11.9. The zero-order valence-electron chi connectivity index (χ0n) is 11.6. The second-order valence-electron chi connectivity index (χ2n) is 5.55. The van der Waals surface area contributed by atoms with Gasteiger partial charge in [-0.3, -0.25) is 4.79 Å². The number of ether oxygens (including phenoxy) is 1. The number of hydrogen-bond acceptors (Lipinski definition) is 3. The lowest BCUT2D eigenvalue weighted by Gasteiger charge is -2.18. The Kier molecular flexibility index (Phi) is 5.20. The summed E-state index contributed by atoms with van der Waals surface area (Å²) in [5.74, 6) is 0.915. The van der Waals surface area contributed by atoms with Crippen LogP contribution in [0.3, 0.4) is 0 Å². The summed E-state index contributed by atoms with van der Waals surface area (Å²) < 4.78 is 5.60. The van der Waals surface area contributed by atoms with Crippen LogP contribution in [0.25, 0.3) is 0 Å². The van der Waals surface area contributed by atoms with E-state index in [-0.39, 0.29) is 23.7 Å². The quantitative estimate of drug-likeness (QED) is 0.833. The highest BCUT2D eigenvalue weighted by atomic mass is 35.5. The summed E-state index contributed by atoms with van der Waals surface area (Å²) in [7, 11) is 0. The fourth-order valence-electron chi connectivity index (χ4n) is 1.71. The van der Waals surface area contributed by atoms with Crippen LogP contribution in [0.15, 0.2) is 18.2 Å². The molecule has 1 aromatic carbocycles. The van der Waals surface area contributed by atoms with Gasteiger partial charge in [0.1, 0.15) is 12.4 Å². The first-order chi connectivity index (χ1) is 8.47. The number of hydrogen-bond donors (Lipinski definition) is 2. The Morgan fingerprint density at radius 1 is 1.37 bits per heavy atom. The standard InChI is InChI=1S/C14H20N2O2.ClH/c1-14(2,3)13(17)16-11-4-5-12-10(8-11)9-15-6-7-18-12;/h4-5,8,15H,6-7,9H2,1-3H3,(H,16,17);1H. The highest BCUT2D eigenvalue weighted by Gasteiger charge is 2.21. The van der Waals surface area contributed by atoms with Crippen molar-refractivity contribution in [3.05, 3.63) is 23.8 Å². The van der Waals surface area contributed by atoms with E-state index in [0.717, 1.165) is 30.1 Å². The topological polar surface area (TPSA) is 50.4 Å². The summed E-state index contributed by atoms with van der Waals surface area (Å²) in [6.07, 6.45) is 0. The third-order valence-electron chi connectivity index (χ3n) is 2.85. The zero-order chi connectivity index (χ0) is 13.2. The van der Waals surface area contributed by atoms with Crippen LogP contribution in [-0.4, -0.2) is 19.1 Å². The van der Waals surface area contributed by atoms with Crippen molar-refractivity contribution in [3.8, 4) is 5.75 Å². The maximum Gasteiger partial charge on any atom is 0.229 e. The van der Waals surface area contributed by atoms with Gasteiger partial charge in [0.05, 0.1) is 0 Å². The minimum Gasteiger partial charge on any atom is -0.492 e. The summed E-state index contributed by atoms with van der Waals surface area (Å²) in [5, 5.41) is 6.21. The fraction of sp³-hybridized carbons (Fsp3) is 0.500. The van der Waals surface area contributed by atoms with Crippen LogP contribution in [0, 0.1) is 5.41 Å². The molecule has 1 amide bonds. The van der Waals surface area contributed by atoms with Crippen molar-refractivity contribution in [2.24, 2.45) is 5.41 Å². The largest absolute Gasteiger partial charge is 0.492 e. The Morgan fingerprint density at radius 3 is 2.79 bits per heavy atom. The molecule has 1 aromatic rings. The molecule has 1 aliphatic heterocycles. The molecule has 0 saturated heterocycles. The molecule has 0 radical (unpaired) electrons. The number of amides is 1. The van der Waals surface area contributed by atoms with Crippen molar-refractivity contribution in [1.82, 2.24) is 5.32 Å². The summed E-state index contributed by atoms with van der Waals surface area (Å²) in [4.78, 5) is 11.9. The van der Waals surface area contributed by atoms with Gasteiger partial charge >= 0.3 is 0 Å². The highest BCUT2D eigenvalue weighted by molar-refractivity contribution is 5.94. The van der Waals surface area contributed by atoms with E-state index in [1.807, 2.05) is 39.0 Å². The molecule has 1 heterocycles. The van der Waals surface area contributed by atoms with Gasteiger partial charge < -0.3 is 15.4 Å². The lowest BCUT2D eigenvalue weighted by molar-refractivity contribution is -0.123. The van der Waals surface area contributed by atoms with Crippen LogP contribution in [0.5, 0.6) is 5.75 Å². The lowest BCUT2D eigenvalue weighted by Crippen LogP contribution is -2.27. The van der Waals surface area contributed by atoms with Gasteiger partial charge in [-0.05, 0) is 18.2 Å². The molecule has 0 aromatic heterocycles. The minimum absolute atomic E-state index is 0. The van der Waals surface area contributed by atoms with Gasteiger partial charge in [-0.15, -0.1) is 12.4 Å².